The molecule has 0 radical (unpaired) electrons. The van der Waals surface area contributed by atoms with Crippen LogP contribution >= 0.6 is 11.3 Å². The largest absolute Gasteiger partial charge is 0.493 e. The van der Waals surface area contributed by atoms with E-state index < -0.39 is 0 Å². The summed E-state index contributed by atoms with van der Waals surface area (Å²) in [5.41, 5.74) is 3.00. The molecule has 0 aliphatic carbocycles. The Balaban J connectivity index is 1.97. The molecular formula is C22H23N3O3S. The molecule has 1 aromatic heterocycles. The average Bonchev–Trinajstić information content (AvgIpc) is 3.16. The molecule has 0 saturated carbocycles. The fourth-order valence-corrected chi connectivity index (χ4v) is 3.75. The van der Waals surface area contributed by atoms with Crippen molar-refractivity contribution in [1.29, 1.82) is 0 Å². The van der Waals surface area contributed by atoms with Crippen molar-refractivity contribution in [3.63, 3.8) is 0 Å². The number of allylic oxidation sites excluding steroid dienone is 1. The predicted octanol–water partition coefficient (Wildman–Crippen LogP) is 4.36. The van der Waals surface area contributed by atoms with Crippen LogP contribution in [0.4, 0.5) is 0 Å². The summed E-state index contributed by atoms with van der Waals surface area (Å²) in [7, 11) is 4.73. The molecule has 0 unspecified atom stereocenters. The van der Waals surface area contributed by atoms with Gasteiger partial charge in [-0.05, 0) is 17.7 Å². The molecule has 0 atom stereocenters. The molecule has 29 heavy (non-hydrogen) atoms. The van der Waals surface area contributed by atoms with Gasteiger partial charge in [0.2, 0.25) is 10.6 Å². The second-order valence-electron chi connectivity index (χ2n) is 5.97. The summed E-state index contributed by atoms with van der Waals surface area (Å²) in [6.45, 7) is 4.50. The summed E-state index contributed by atoms with van der Waals surface area (Å²) < 4.78 is 18.2. The Bertz CT molecular complexity index is 1040. The molecule has 150 valence electrons. The van der Waals surface area contributed by atoms with Gasteiger partial charge in [0.1, 0.15) is 0 Å². The molecule has 1 heterocycles. The van der Waals surface area contributed by atoms with Crippen LogP contribution in [0.5, 0.6) is 17.2 Å². The lowest BCUT2D eigenvalue weighted by atomic mass is 10.2. The third-order valence-corrected chi connectivity index (χ3v) is 5.07. The van der Waals surface area contributed by atoms with Crippen LogP contribution in [-0.2, 0) is 6.54 Å². The predicted molar refractivity (Wildman–Crippen MR) is 117 cm³/mol. The van der Waals surface area contributed by atoms with E-state index in [0.29, 0.717) is 23.8 Å². The average molecular weight is 410 g/mol. The minimum atomic E-state index is 0.540. The molecule has 0 aliphatic heterocycles. The lowest BCUT2D eigenvalue weighted by Gasteiger charge is -2.12. The minimum Gasteiger partial charge on any atom is -0.493 e. The van der Waals surface area contributed by atoms with Crippen molar-refractivity contribution in [3.8, 4) is 28.5 Å². The number of hydrogen-bond acceptors (Lipinski definition) is 6. The van der Waals surface area contributed by atoms with Crippen LogP contribution in [0.25, 0.3) is 11.3 Å². The minimum absolute atomic E-state index is 0.540. The summed E-state index contributed by atoms with van der Waals surface area (Å²) in [6.07, 6.45) is 3.51. The van der Waals surface area contributed by atoms with Crippen LogP contribution in [0.3, 0.4) is 0 Å². The fraction of sp³-hybridized carbons (Fsp3) is 0.182. The van der Waals surface area contributed by atoms with Crippen molar-refractivity contribution in [2.24, 2.45) is 10.2 Å². The molecule has 3 aromatic rings. The zero-order valence-corrected chi connectivity index (χ0v) is 17.5. The summed E-state index contributed by atoms with van der Waals surface area (Å²) in [5, 5.41) is 10.8. The van der Waals surface area contributed by atoms with Gasteiger partial charge in [-0.25, -0.2) is 0 Å². The summed E-state index contributed by atoms with van der Waals surface area (Å²) in [4.78, 5) is 0.785. The van der Waals surface area contributed by atoms with Gasteiger partial charge in [0.15, 0.2) is 11.5 Å². The van der Waals surface area contributed by atoms with E-state index in [1.54, 1.807) is 27.5 Å². The van der Waals surface area contributed by atoms with Gasteiger partial charge in [-0.1, -0.05) is 36.4 Å². The highest BCUT2D eigenvalue weighted by molar-refractivity contribution is 7.07. The zero-order valence-electron chi connectivity index (χ0n) is 16.7. The van der Waals surface area contributed by atoms with E-state index in [2.05, 4.69) is 38.9 Å². The Morgan fingerprint density at radius 1 is 1.03 bits per heavy atom. The SMILES string of the molecule is C=CCn1c(-c2ccccc2)cs/c1=N\N=C/c1cc(OC)c(OC)c(OC)c1. The Hall–Kier alpha value is -3.32. The maximum absolute atomic E-state index is 5.38. The first-order valence-corrected chi connectivity index (χ1v) is 9.81. The molecule has 7 heteroatoms. The number of benzene rings is 2. The van der Waals surface area contributed by atoms with E-state index in [1.165, 1.54) is 11.3 Å². The molecule has 0 saturated heterocycles. The molecule has 0 N–H and O–H groups in total. The Kier molecular flexibility index (Phi) is 6.86. The monoisotopic (exact) mass is 409 g/mol. The molecule has 3 rings (SSSR count). The third-order valence-electron chi connectivity index (χ3n) is 4.22. The maximum Gasteiger partial charge on any atom is 0.211 e. The van der Waals surface area contributed by atoms with Crippen molar-refractivity contribution in [2.75, 3.05) is 21.3 Å². The van der Waals surface area contributed by atoms with Crippen LogP contribution in [-0.4, -0.2) is 32.1 Å². The first kappa shape index (κ1) is 20.4. The third kappa shape index (κ3) is 4.57. The van der Waals surface area contributed by atoms with Crippen LogP contribution in [0.1, 0.15) is 5.56 Å². The van der Waals surface area contributed by atoms with Crippen LogP contribution in [0.2, 0.25) is 0 Å². The molecule has 2 aromatic carbocycles. The van der Waals surface area contributed by atoms with E-state index in [1.807, 2.05) is 36.4 Å². The molecule has 0 aliphatic rings. The van der Waals surface area contributed by atoms with Gasteiger partial charge in [-0.15, -0.1) is 23.0 Å². The number of thiazole rings is 1. The highest BCUT2D eigenvalue weighted by atomic mass is 32.1. The quantitative estimate of drug-likeness (QED) is 0.315. The highest BCUT2D eigenvalue weighted by Crippen LogP contribution is 2.37. The van der Waals surface area contributed by atoms with Gasteiger partial charge in [0.05, 0.1) is 33.2 Å². The van der Waals surface area contributed by atoms with Crippen molar-refractivity contribution >= 4 is 17.6 Å². The smallest absolute Gasteiger partial charge is 0.211 e. The fourth-order valence-electron chi connectivity index (χ4n) is 2.88. The molecular weight excluding hydrogens is 386 g/mol. The number of hydrogen-bond donors (Lipinski definition) is 0. The zero-order chi connectivity index (χ0) is 20.6. The van der Waals surface area contributed by atoms with Crippen LogP contribution in [0.15, 0.2) is 70.7 Å². The Labute approximate surface area is 174 Å². The van der Waals surface area contributed by atoms with Crippen molar-refractivity contribution < 1.29 is 14.2 Å². The van der Waals surface area contributed by atoms with Crippen molar-refractivity contribution in [3.05, 3.63) is 70.9 Å². The molecule has 0 spiro atoms. The number of methoxy groups -OCH3 is 3. The van der Waals surface area contributed by atoms with Gasteiger partial charge in [-0.2, -0.15) is 5.10 Å². The maximum atomic E-state index is 5.38. The first-order valence-electron chi connectivity index (χ1n) is 8.93. The lowest BCUT2D eigenvalue weighted by Crippen LogP contribution is -2.14. The van der Waals surface area contributed by atoms with Crippen LogP contribution in [0, 0.1) is 0 Å². The molecule has 0 bridgehead atoms. The second-order valence-corrected chi connectivity index (χ2v) is 6.81. The van der Waals surface area contributed by atoms with E-state index in [4.69, 9.17) is 14.2 Å². The van der Waals surface area contributed by atoms with E-state index in [9.17, 15) is 0 Å². The van der Waals surface area contributed by atoms with Crippen molar-refractivity contribution in [2.45, 2.75) is 6.54 Å². The van der Waals surface area contributed by atoms with Gasteiger partial charge in [0, 0.05) is 17.5 Å². The van der Waals surface area contributed by atoms with Gasteiger partial charge >= 0.3 is 0 Å². The number of nitrogens with zero attached hydrogens (tertiary/aromatic N) is 3. The molecule has 0 amide bonds. The Morgan fingerprint density at radius 2 is 1.72 bits per heavy atom. The normalized spacial score (nSPS) is 11.6. The van der Waals surface area contributed by atoms with Gasteiger partial charge in [0.25, 0.3) is 0 Å². The lowest BCUT2D eigenvalue weighted by molar-refractivity contribution is 0.324. The topological polar surface area (TPSA) is 57.3 Å². The number of ether oxygens (including phenoxy) is 3. The summed E-state index contributed by atoms with van der Waals surface area (Å²) in [5.74, 6) is 1.67. The highest BCUT2D eigenvalue weighted by Gasteiger charge is 2.12. The van der Waals surface area contributed by atoms with Gasteiger partial charge in [-0.3, -0.25) is 0 Å². The van der Waals surface area contributed by atoms with Crippen LogP contribution < -0.4 is 19.0 Å². The summed E-state index contributed by atoms with van der Waals surface area (Å²) in [6, 6.07) is 13.8. The van der Waals surface area contributed by atoms with E-state index in [-0.39, 0.29) is 0 Å². The Morgan fingerprint density at radius 3 is 2.31 bits per heavy atom. The first-order chi connectivity index (χ1) is 14.2. The second kappa shape index (κ2) is 9.75. The molecule has 0 fully saturated rings. The van der Waals surface area contributed by atoms with Crippen molar-refractivity contribution in [1.82, 2.24) is 4.57 Å². The van der Waals surface area contributed by atoms with E-state index >= 15 is 0 Å². The van der Waals surface area contributed by atoms with Gasteiger partial charge < -0.3 is 18.8 Å². The molecule has 6 nitrogen and oxygen atoms in total. The number of aromatic nitrogens is 1. The summed E-state index contributed by atoms with van der Waals surface area (Å²) >= 11 is 1.53. The van der Waals surface area contributed by atoms with E-state index in [0.717, 1.165) is 21.6 Å². The standard InChI is InChI=1S/C22H23N3O3S/c1-5-11-25-18(17-9-7-6-8-10-17)15-29-22(25)24-23-14-16-12-19(26-2)21(28-4)20(13-16)27-3/h5-10,12-15H,1,11H2,2-4H3/b23-14-,24-22-. The number of rotatable bonds is 8.